The van der Waals surface area contributed by atoms with E-state index in [1.165, 1.54) is 23.7 Å². The molecule has 2 aromatic carbocycles. The average Bonchev–Trinajstić information content (AvgIpc) is 3.26. The van der Waals surface area contributed by atoms with E-state index in [4.69, 9.17) is 9.72 Å². The van der Waals surface area contributed by atoms with Gasteiger partial charge in [0, 0.05) is 37.6 Å². The van der Waals surface area contributed by atoms with Crippen LogP contribution in [0.2, 0.25) is 0 Å². The first kappa shape index (κ1) is 21.2. The predicted molar refractivity (Wildman–Crippen MR) is 119 cm³/mol. The maximum atomic E-state index is 13.7. The van der Waals surface area contributed by atoms with Gasteiger partial charge in [0.25, 0.3) is 5.91 Å². The summed E-state index contributed by atoms with van der Waals surface area (Å²) in [6.07, 6.45) is 2.57. The van der Waals surface area contributed by atoms with Gasteiger partial charge in [0.15, 0.2) is 0 Å². The number of amides is 1. The Kier molecular flexibility index (Phi) is 6.76. The summed E-state index contributed by atoms with van der Waals surface area (Å²) in [5.41, 5.74) is 1.21. The monoisotopic (exact) mass is 440 g/mol. The molecule has 0 atom stereocenters. The molecule has 2 heterocycles. The van der Waals surface area contributed by atoms with Crippen molar-refractivity contribution in [3.05, 3.63) is 71.3 Å². The lowest BCUT2D eigenvalue weighted by Gasteiger charge is -2.31. The Balaban J connectivity index is 1.26. The molecule has 31 heavy (non-hydrogen) atoms. The van der Waals surface area contributed by atoms with Crippen LogP contribution in [0, 0.1) is 11.7 Å². The molecular weight excluding hydrogens is 415 g/mol. The first-order valence-corrected chi connectivity index (χ1v) is 11.1. The number of piperidine rings is 1. The Hall–Kier alpha value is -3.00. The Morgan fingerprint density at radius 1 is 1.23 bits per heavy atom. The first-order valence-electron chi connectivity index (χ1n) is 10.4. The van der Waals surface area contributed by atoms with Crippen LogP contribution < -0.4 is 15.0 Å². The fourth-order valence-corrected chi connectivity index (χ4v) is 4.45. The van der Waals surface area contributed by atoms with Crippen LogP contribution in [0.15, 0.2) is 48.5 Å². The van der Waals surface area contributed by atoms with Gasteiger partial charge in [-0.15, -0.1) is 0 Å². The molecular formula is C23H25FN4O2S. The Morgan fingerprint density at radius 3 is 2.81 bits per heavy atom. The second-order valence-electron chi connectivity index (χ2n) is 7.64. The topological polar surface area (TPSA) is 67.3 Å². The second kappa shape index (κ2) is 9.87. The smallest absolute Gasteiger partial charge is 0.254 e. The van der Waals surface area contributed by atoms with Crippen LogP contribution in [0.5, 0.6) is 5.75 Å². The molecule has 6 nitrogen and oxygen atoms in total. The van der Waals surface area contributed by atoms with Gasteiger partial charge in [0.1, 0.15) is 17.4 Å². The fourth-order valence-electron chi connectivity index (χ4n) is 3.72. The number of ether oxygens (including phenoxy) is 1. The molecule has 1 fully saturated rings. The van der Waals surface area contributed by atoms with E-state index in [-0.39, 0.29) is 11.5 Å². The molecule has 0 radical (unpaired) electrons. The highest BCUT2D eigenvalue weighted by molar-refractivity contribution is 7.09. The normalized spacial score (nSPS) is 14.5. The van der Waals surface area contributed by atoms with Gasteiger partial charge < -0.3 is 15.0 Å². The maximum Gasteiger partial charge on any atom is 0.254 e. The van der Waals surface area contributed by atoms with E-state index in [2.05, 4.69) is 14.6 Å². The van der Waals surface area contributed by atoms with E-state index in [0.717, 1.165) is 48.2 Å². The highest BCUT2D eigenvalue weighted by Crippen LogP contribution is 2.25. The molecule has 0 unspecified atom stereocenters. The quantitative estimate of drug-likeness (QED) is 0.603. The molecule has 0 aliphatic carbocycles. The third-order valence-electron chi connectivity index (χ3n) is 5.51. The summed E-state index contributed by atoms with van der Waals surface area (Å²) >= 11 is 1.43. The number of rotatable bonds is 7. The van der Waals surface area contributed by atoms with Crippen LogP contribution in [0.3, 0.4) is 0 Å². The van der Waals surface area contributed by atoms with Gasteiger partial charge in [0.2, 0.25) is 5.13 Å². The predicted octanol–water partition coefficient (Wildman–Crippen LogP) is 3.92. The molecule has 1 aromatic heterocycles. The summed E-state index contributed by atoms with van der Waals surface area (Å²) in [6.45, 7) is 2.29. The van der Waals surface area contributed by atoms with Gasteiger partial charge in [-0.3, -0.25) is 4.79 Å². The van der Waals surface area contributed by atoms with Crippen molar-refractivity contribution in [1.82, 2.24) is 14.7 Å². The van der Waals surface area contributed by atoms with Crippen molar-refractivity contribution in [2.75, 3.05) is 31.6 Å². The zero-order valence-electron chi connectivity index (χ0n) is 17.4. The molecule has 1 amide bonds. The second-order valence-corrected chi connectivity index (χ2v) is 8.37. The fraction of sp³-hybridized carbons (Fsp3) is 0.348. The molecule has 1 N–H and O–H groups in total. The minimum atomic E-state index is -0.490. The van der Waals surface area contributed by atoms with E-state index >= 15 is 0 Å². The van der Waals surface area contributed by atoms with Crippen molar-refractivity contribution in [2.24, 2.45) is 5.92 Å². The van der Waals surface area contributed by atoms with E-state index in [9.17, 15) is 9.18 Å². The summed E-state index contributed by atoms with van der Waals surface area (Å²) in [6, 6.07) is 14.0. The maximum absolute atomic E-state index is 13.7. The van der Waals surface area contributed by atoms with Gasteiger partial charge in [-0.25, -0.2) is 9.37 Å². The van der Waals surface area contributed by atoms with Crippen LogP contribution in [0.1, 0.15) is 34.6 Å². The first-order chi connectivity index (χ1) is 15.1. The van der Waals surface area contributed by atoms with Crippen LogP contribution in [-0.4, -0.2) is 42.0 Å². The number of methoxy groups -OCH3 is 1. The van der Waals surface area contributed by atoms with Crippen LogP contribution in [0.25, 0.3) is 0 Å². The zero-order valence-corrected chi connectivity index (χ0v) is 18.2. The Labute approximate surface area is 185 Å². The number of anilines is 1. The SMILES string of the molecule is COc1cccc(Cc2nsc(N3CCC(CNC(=O)c4ccccc4F)CC3)n2)c1. The van der Waals surface area contributed by atoms with Gasteiger partial charge in [-0.1, -0.05) is 24.3 Å². The average molecular weight is 441 g/mol. The molecule has 0 spiro atoms. The third-order valence-corrected chi connectivity index (χ3v) is 6.32. The number of benzene rings is 2. The van der Waals surface area contributed by atoms with E-state index < -0.39 is 5.82 Å². The Morgan fingerprint density at radius 2 is 2.03 bits per heavy atom. The van der Waals surface area contributed by atoms with Gasteiger partial charge in [-0.2, -0.15) is 4.37 Å². The molecule has 0 saturated carbocycles. The van der Waals surface area contributed by atoms with Crippen LogP contribution in [0.4, 0.5) is 9.52 Å². The molecule has 1 aliphatic rings. The van der Waals surface area contributed by atoms with Gasteiger partial charge in [-0.05, 0) is 48.6 Å². The lowest BCUT2D eigenvalue weighted by Crippen LogP contribution is -2.38. The van der Waals surface area contributed by atoms with Crippen molar-refractivity contribution in [1.29, 1.82) is 0 Å². The number of halogens is 1. The summed E-state index contributed by atoms with van der Waals surface area (Å²) < 4.78 is 23.5. The summed E-state index contributed by atoms with van der Waals surface area (Å²) in [5.74, 6) is 1.17. The molecule has 4 rings (SSSR count). The number of carbonyl (C=O) groups excluding carboxylic acids is 1. The lowest BCUT2D eigenvalue weighted by atomic mass is 9.97. The standard InChI is InChI=1S/C23H25FN4O2S/c1-30-18-6-4-5-17(13-18)14-21-26-23(31-27-21)28-11-9-16(10-12-28)15-25-22(29)19-7-2-3-8-20(19)24/h2-8,13,16H,9-12,14-15H2,1H3,(H,25,29). The summed E-state index contributed by atoms with van der Waals surface area (Å²) in [4.78, 5) is 19.2. The lowest BCUT2D eigenvalue weighted by molar-refractivity contribution is 0.0941. The van der Waals surface area contributed by atoms with E-state index in [1.54, 1.807) is 19.2 Å². The number of nitrogens with zero attached hydrogens (tertiary/aromatic N) is 3. The molecule has 162 valence electrons. The molecule has 8 heteroatoms. The Bertz CT molecular complexity index is 1030. The molecule has 3 aromatic rings. The largest absolute Gasteiger partial charge is 0.497 e. The van der Waals surface area contributed by atoms with Gasteiger partial charge >= 0.3 is 0 Å². The van der Waals surface area contributed by atoms with Crippen LogP contribution in [-0.2, 0) is 6.42 Å². The number of hydrogen-bond donors (Lipinski definition) is 1. The molecule has 0 bridgehead atoms. The minimum absolute atomic E-state index is 0.0948. The third kappa shape index (κ3) is 5.38. The number of hydrogen-bond acceptors (Lipinski definition) is 6. The molecule has 1 saturated heterocycles. The molecule has 1 aliphatic heterocycles. The summed E-state index contributed by atoms with van der Waals surface area (Å²) in [7, 11) is 1.66. The summed E-state index contributed by atoms with van der Waals surface area (Å²) in [5, 5.41) is 3.81. The zero-order chi connectivity index (χ0) is 21.6. The van der Waals surface area contributed by atoms with Crippen LogP contribution >= 0.6 is 11.5 Å². The van der Waals surface area contributed by atoms with E-state index in [0.29, 0.717) is 18.9 Å². The van der Waals surface area contributed by atoms with E-state index in [1.807, 2.05) is 24.3 Å². The van der Waals surface area contributed by atoms with Crippen molar-refractivity contribution in [3.63, 3.8) is 0 Å². The highest BCUT2D eigenvalue weighted by atomic mass is 32.1. The van der Waals surface area contributed by atoms with Gasteiger partial charge in [0.05, 0.1) is 12.7 Å². The minimum Gasteiger partial charge on any atom is -0.497 e. The number of aromatic nitrogens is 2. The number of nitrogens with one attached hydrogen (secondary N) is 1. The van der Waals surface area contributed by atoms with Crippen molar-refractivity contribution in [2.45, 2.75) is 19.3 Å². The van der Waals surface area contributed by atoms with Crippen molar-refractivity contribution < 1.29 is 13.9 Å². The number of carbonyl (C=O) groups is 1. The highest BCUT2D eigenvalue weighted by Gasteiger charge is 2.23. The van der Waals surface area contributed by atoms with Crippen molar-refractivity contribution >= 4 is 22.6 Å². The van der Waals surface area contributed by atoms with Crippen molar-refractivity contribution in [3.8, 4) is 5.75 Å².